The lowest BCUT2D eigenvalue weighted by Crippen LogP contribution is -2.09. The zero-order chi connectivity index (χ0) is 13.0. The second kappa shape index (κ2) is 6.24. The third-order valence-electron chi connectivity index (χ3n) is 3.58. The Morgan fingerprint density at radius 3 is 2.83 bits per heavy atom. The molecule has 100 valence electrons. The van der Waals surface area contributed by atoms with Crippen LogP contribution in [0.1, 0.15) is 57.6 Å². The summed E-state index contributed by atoms with van der Waals surface area (Å²) in [5.74, 6) is 1.21. The molecule has 0 radical (unpaired) electrons. The molecule has 0 bridgehead atoms. The standard InChI is InChI=1S/C16H24O2/c1-3-4-6-12(2)16(17)13-7-5-8-15(11-13)18-14-9-10-14/h5,7-8,11-12,14,16-17H,3-4,6,9-10H2,1-2H3. The molecular weight excluding hydrogens is 224 g/mol. The maximum Gasteiger partial charge on any atom is 0.120 e. The van der Waals surface area contributed by atoms with E-state index in [1.807, 2.05) is 24.3 Å². The summed E-state index contributed by atoms with van der Waals surface area (Å²) in [5.41, 5.74) is 0.983. The van der Waals surface area contributed by atoms with Crippen molar-refractivity contribution in [2.45, 2.75) is 58.2 Å². The largest absolute Gasteiger partial charge is 0.490 e. The summed E-state index contributed by atoms with van der Waals surface area (Å²) in [6.07, 6.45) is 5.80. The topological polar surface area (TPSA) is 29.5 Å². The number of ether oxygens (including phenoxy) is 1. The van der Waals surface area contributed by atoms with Crippen LogP contribution in [0.2, 0.25) is 0 Å². The molecule has 0 heterocycles. The molecule has 2 rings (SSSR count). The number of rotatable bonds is 7. The van der Waals surface area contributed by atoms with E-state index in [9.17, 15) is 5.11 Å². The summed E-state index contributed by atoms with van der Waals surface area (Å²) in [6.45, 7) is 4.30. The lowest BCUT2D eigenvalue weighted by molar-refractivity contribution is 0.111. The van der Waals surface area contributed by atoms with Crippen molar-refractivity contribution in [1.82, 2.24) is 0 Å². The van der Waals surface area contributed by atoms with Crippen LogP contribution in [0.4, 0.5) is 0 Å². The minimum absolute atomic E-state index is 0.307. The molecule has 18 heavy (non-hydrogen) atoms. The third kappa shape index (κ3) is 3.74. The highest BCUT2D eigenvalue weighted by atomic mass is 16.5. The maximum absolute atomic E-state index is 10.3. The van der Waals surface area contributed by atoms with Crippen molar-refractivity contribution in [2.75, 3.05) is 0 Å². The van der Waals surface area contributed by atoms with Gasteiger partial charge in [-0.2, -0.15) is 0 Å². The Kier molecular flexibility index (Phi) is 4.65. The van der Waals surface area contributed by atoms with E-state index in [-0.39, 0.29) is 6.10 Å². The molecule has 1 aliphatic rings. The van der Waals surface area contributed by atoms with Crippen LogP contribution < -0.4 is 4.74 Å². The molecule has 1 aromatic carbocycles. The van der Waals surface area contributed by atoms with E-state index in [4.69, 9.17) is 4.74 Å². The van der Waals surface area contributed by atoms with Gasteiger partial charge < -0.3 is 9.84 Å². The fraction of sp³-hybridized carbons (Fsp3) is 0.625. The van der Waals surface area contributed by atoms with Crippen molar-refractivity contribution >= 4 is 0 Å². The number of hydrogen-bond donors (Lipinski definition) is 1. The Morgan fingerprint density at radius 1 is 1.39 bits per heavy atom. The monoisotopic (exact) mass is 248 g/mol. The van der Waals surface area contributed by atoms with Crippen LogP contribution in [0.3, 0.4) is 0 Å². The first-order valence-electron chi connectivity index (χ1n) is 7.15. The third-order valence-corrected chi connectivity index (χ3v) is 3.58. The molecule has 1 aliphatic carbocycles. The number of benzene rings is 1. The molecule has 2 heteroatoms. The Morgan fingerprint density at radius 2 is 2.17 bits per heavy atom. The number of aliphatic hydroxyl groups is 1. The van der Waals surface area contributed by atoms with E-state index in [0.717, 1.165) is 17.7 Å². The highest BCUT2D eigenvalue weighted by molar-refractivity contribution is 5.30. The molecule has 1 saturated carbocycles. The van der Waals surface area contributed by atoms with Crippen molar-refractivity contribution in [1.29, 1.82) is 0 Å². The van der Waals surface area contributed by atoms with E-state index in [1.54, 1.807) is 0 Å². The van der Waals surface area contributed by atoms with Gasteiger partial charge in [-0.05, 0) is 42.9 Å². The van der Waals surface area contributed by atoms with Crippen LogP contribution >= 0.6 is 0 Å². The molecule has 1 aromatic rings. The predicted molar refractivity (Wildman–Crippen MR) is 73.7 cm³/mol. The number of hydrogen-bond acceptors (Lipinski definition) is 2. The number of aliphatic hydroxyl groups excluding tert-OH is 1. The van der Waals surface area contributed by atoms with E-state index in [2.05, 4.69) is 13.8 Å². The van der Waals surface area contributed by atoms with Gasteiger partial charge >= 0.3 is 0 Å². The molecule has 1 N–H and O–H groups in total. The predicted octanol–water partition coefficient (Wildman–Crippen LogP) is 4.09. The van der Waals surface area contributed by atoms with E-state index >= 15 is 0 Å². The average Bonchev–Trinajstić information content (AvgIpc) is 3.19. The Bertz CT molecular complexity index is 371. The zero-order valence-corrected chi connectivity index (χ0v) is 11.4. The summed E-state index contributed by atoms with van der Waals surface area (Å²) in [5, 5.41) is 10.3. The van der Waals surface area contributed by atoms with Crippen molar-refractivity contribution in [3.63, 3.8) is 0 Å². The molecule has 0 saturated heterocycles. The van der Waals surface area contributed by atoms with Crippen LogP contribution in [0, 0.1) is 5.92 Å². The normalized spacial score (nSPS) is 18.4. The minimum atomic E-state index is -0.376. The smallest absolute Gasteiger partial charge is 0.120 e. The fourth-order valence-electron chi connectivity index (χ4n) is 2.16. The molecule has 2 unspecified atom stereocenters. The van der Waals surface area contributed by atoms with E-state index in [1.165, 1.54) is 25.7 Å². The number of unbranched alkanes of at least 4 members (excludes halogenated alkanes) is 1. The SMILES string of the molecule is CCCCC(C)C(O)c1cccc(OC2CC2)c1. The van der Waals surface area contributed by atoms with E-state index in [0.29, 0.717) is 12.0 Å². The van der Waals surface area contributed by atoms with Gasteiger partial charge in [-0.15, -0.1) is 0 Å². The van der Waals surface area contributed by atoms with Gasteiger partial charge in [0.25, 0.3) is 0 Å². The summed E-state index contributed by atoms with van der Waals surface area (Å²) < 4.78 is 5.77. The summed E-state index contributed by atoms with van der Waals surface area (Å²) >= 11 is 0. The second-order valence-electron chi connectivity index (χ2n) is 5.45. The minimum Gasteiger partial charge on any atom is -0.490 e. The highest BCUT2D eigenvalue weighted by Crippen LogP contribution is 2.31. The molecule has 2 nitrogen and oxygen atoms in total. The first-order valence-corrected chi connectivity index (χ1v) is 7.15. The molecule has 2 atom stereocenters. The van der Waals surface area contributed by atoms with Crippen LogP contribution in [-0.2, 0) is 0 Å². The van der Waals surface area contributed by atoms with Crippen LogP contribution in [0.5, 0.6) is 5.75 Å². The lowest BCUT2D eigenvalue weighted by Gasteiger charge is -2.19. The van der Waals surface area contributed by atoms with Crippen molar-refractivity contribution in [3.8, 4) is 5.75 Å². The van der Waals surface area contributed by atoms with Crippen LogP contribution in [-0.4, -0.2) is 11.2 Å². The molecule has 0 aromatic heterocycles. The molecule has 0 amide bonds. The second-order valence-corrected chi connectivity index (χ2v) is 5.45. The van der Waals surface area contributed by atoms with Crippen molar-refractivity contribution in [3.05, 3.63) is 29.8 Å². The average molecular weight is 248 g/mol. The van der Waals surface area contributed by atoms with Gasteiger partial charge in [-0.1, -0.05) is 38.8 Å². The van der Waals surface area contributed by atoms with Gasteiger partial charge in [-0.3, -0.25) is 0 Å². The molecule has 0 spiro atoms. The van der Waals surface area contributed by atoms with Crippen molar-refractivity contribution in [2.24, 2.45) is 5.92 Å². The zero-order valence-electron chi connectivity index (χ0n) is 11.4. The Labute approximate surface area is 110 Å². The lowest BCUT2D eigenvalue weighted by atomic mass is 9.93. The van der Waals surface area contributed by atoms with Crippen LogP contribution in [0.15, 0.2) is 24.3 Å². The van der Waals surface area contributed by atoms with Gasteiger partial charge in [0, 0.05) is 0 Å². The Hall–Kier alpha value is -1.02. The molecule has 1 fully saturated rings. The van der Waals surface area contributed by atoms with Gasteiger partial charge in [0.15, 0.2) is 0 Å². The first kappa shape index (κ1) is 13.4. The van der Waals surface area contributed by atoms with Gasteiger partial charge in [0.1, 0.15) is 5.75 Å². The fourth-order valence-corrected chi connectivity index (χ4v) is 2.16. The molecular formula is C16H24O2. The summed E-state index contributed by atoms with van der Waals surface area (Å²) in [7, 11) is 0. The van der Waals surface area contributed by atoms with Gasteiger partial charge in [0.05, 0.1) is 12.2 Å². The van der Waals surface area contributed by atoms with Crippen molar-refractivity contribution < 1.29 is 9.84 Å². The van der Waals surface area contributed by atoms with Gasteiger partial charge in [0.2, 0.25) is 0 Å². The maximum atomic E-state index is 10.3. The Balaban J connectivity index is 1.97. The molecule has 0 aliphatic heterocycles. The van der Waals surface area contributed by atoms with Crippen LogP contribution in [0.25, 0.3) is 0 Å². The summed E-state index contributed by atoms with van der Waals surface area (Å²) in [4.78, 5) is 0. The highest BCUT2D eigenvalue weighted by Gasteiger charge is 2.24. The quantitative estimate of drug-likeness (QED) is 0.787. The van der Waals surface area contributed by atoms with E-state index < -0.39 is 0 Å². The van der Waals surface area contributed by atoms with Gasteiger partial charge in [-0.25, -0.2) is 0 Å². The summed E-state index contributed by atoms with van der Waals surface area (Å²) in [6, 6.07) is 7.94. The first-order chi connectivity index (χ1) is 8.70.